The third kappa shape index (κ3) is 8.68. The lowest BCUT2D eigenvalue weighted by atomic mass is 10.1. The van der Waals surface area contributed by atoms with E-state index < -0.39 is 0 Å². The zero-order valence-electron chi connectivity index (χ0n) is 25.3. The molecule has 1 saturated carbocycles. The first kappa shape index (κ1) is 30.8. The number of allylic oxidation sites excluding steroid dienone is 6. The summed E-state index contributed by atoms with van der Waals surface area (Å²) in [4.78, 5) is 14.3. The molecule has 1 heterocycles. The van der Waals surface area contributed by atoms with Crippen molar-refractivity contribution < 1.29 is 4.74 Å². The van der Waals surface area contributed by atoms with Crippen LogP contribution in [0.25, 0.3) is 6.08 Å². The number of nitrogens with two attached hydrogens (primary N) is 1. The van der Waals surface area contributed by atoms with Crippen molar-refractivity contribution in [2.24, 2.45) is 9.98 Å². The second-order valence-electron chi connectivity index (χ2n) is 10.9. The minimum atomic E-state index is 0.353. The van der Waals surface area contributed by atoms with Crippen molar-refractivity contribution in [3.8, 4) is 5.75 Å². The van der Waals surface area contributed by atoms with Gasteiger partial charge in [0.05, 0.1) is 12.0 Å². The van der Waals surface area contributed by atoms with Gasteiger partial charge in [0.2, 0.25) is 0 Å². The fraction of sp³-hybridized carbons (Fsp3) is 0.400. The summed E-state index contributed by atoms with van der Waals surface area (Å²) in [6, 6.07) is 6.28. The molecule has 0 amide bonds. The zero-order chi connectivity index (χ0) is 29.6. The second kappa shape index (κ2) is 16.3. The van der Waals surface area contributed by atoms with Crippen LogP contribution < -0.4 is 15.8 Å². The first-order valence-corrected chi connectivity index (χ1v) is 15.4. The molecule has 2 aromatic rings. The molecule has 7 heteroatoms. The van der Waals surface area contributed by atoms with E-state index in [-0.39, 0.29) is 0 Å². The summed E-state index contributed by atoms with van der Waals surface area (Å²) in [5.41, 5.74) is 11.3. The molecule has 0 aliphatic heterocycles. The average molecular weight is 567 g/mol. The van der Waals surface area contributed by atoms with Crippen molar-refractivity contribution in [2.45, 2.75) is 84.1 Å². The molecule has 7 nitrogen and oxygen atoms in total. The number of unbranched alkanes of at least 4 members (excludes halogenated alkanes) is 2. The second-order valence-corrected chi connectivity index (χ2v) is 10.9. The first-order chi connectivity index (χ1) is 20.6. The van der Waals surface area contributed by atoms with Gasteiger partial charge in [-0.2, -0.15) is 4.99 Å². The van der Waals surface area contributed by atoms with Gasteiger partial charge >= 0.3 is 0 Å². The van der Waals surface area contributed by atoms with Crippen LogP contribution in [0.4, 0.5) is 5.82 Å². The summed E-state index contributed by atoms with van der Waals surface area (Å²) in [5, 5.41) is 3.53. The van der Waals surface area contributed by atoms with Gasteiger partial charge in [0.25, 0.3) is 0 Å². The standard InChI is InChI=1S/C35H46N6O/c1-4-6-12-24-37-29-17-14-18-30(23-22-29)40-35(33-34(36)41(25-38-33)31-19-10-8-9-11-20-31)39-26-42-32-21-13-16-28(27(32)3)15-7-5-2/h5,7,13,15-18,21-23,25-26,31,37H,2,4,6,8-12,14,19-20,24,36H2,1,3H3/b15-7-,39-26?,40-35?. The van der Waals surface area contributed by atoms with Gasteiger partial charge in [-0.15, -0.1) is 0 Å². The largest absolute Gasteiger partial charge is 0.445 e. The molecule has 4 rings (SSSR count). The number of nitrogens with one attached hydrogen (secondary N) is 1. The molecule has 0 bridgehead atoms. The molecule has 0 radical (unpaired) electrons. The van der Waals surface area contributed by atoms with Gasteiger partial charge in [0, 0.05) is 18.3 Å². The Labute approximate surface area is 251 Å². The molecule has 3 N–H and O–H groups in total. The Morgan fingerprint density at radius 2 is 2.00 bits per heavy atom. The van der Waals surface area contributed by atoms with Gasteiger partial charge in [0.1, 0.15) is 17.3 Å². The average Bonchev–Trinajstić information content (AvgIpc) is 3.17. The molecular formula is C35H46N6O. The number of ether oxygens (including phenoxy) is 1. The van der Waals surface area contributed by atoms with E-state index in [0.29, 0.717) is 23.4 Å². The molecule has 2 aliphatic carbocycles. The summed E-state index contributed by atoms with van der Waals surface area (Å²) < 4.78 is 8.13. The van der Waals surface area contributed by atoms with Crippen molar-refractivity contribution in [1.29, 1.82) is 0 Å². The van der Waals surface area contributed by atoms with Crippen molar-refractivity contribution in [1.82, 2.24) is 14.9 Å². The molecule has 1 fully saturated rings. The summed E-state index contributed by atoms with van der Waals surface area (Å²) in [6.45, 7) is 8.97. The maximum atomic E-state index is 6.73. The Morgan fingerprint density at radius 1 is 1.17 bits per heavy atom. The molecule has 0 spiro atoms. The number of aliphatic imine (C=N–C) groups is 2. The van der Waals surface area contributed by atoms with Crippen LogP contribution in [0, 0.1) is 6.92 Å². The predicted octanol–water partition coefficient (Wildman–Crippen LogP) is 8.23. The lowest BCUT2D eigenvalue weighted by Gasteiger charge is -2.17. The van der Waals surface area contributed by atoms with Gasteiger partial charge in [0.15, 0.2) is 12.2 Å². The van der Waals surface area contributed by atoms with Crippen LogP contribution >= 0.6 is 0 Å². The molecule has 1 aromatic carbocycles. The van der Waals surface area contributed by atoms with Crippen molar-refractivity contribution in [2.75, 3.05) is 12.3 Å². The Morgan fingerprint density at radius 3 is 2.79 bits per heavy atom. The van der Waals surface area contributed by atoms with Crippen molar-refractivity contribution in [3.63, 3.8) is 0 Å². The van der Waals surface area contributed by atoms with Crippen LogP contribution in [0.5, 0.6) is 5.75 Å². The summed E-state index contributed by atoms with van der Waals surface area (Å²) >= 11 is 0. The lowest BCUT2D eigenvalue weighted by molar-refractivity contribution is 0.448. The predicted molar refractivity (Wildman–Crippen MR) is 177 cm³/mol. The van der Waals surface area contributed by atoms with Crippen LogP contribution in [-0.2, 0) is 0 Å². The summed E-state index contributed by atoms with van der Waals surface area (Å²) in [6.07, 6.45) is 28.9. The van der Waals surface area contributed by atoms with E-state index in [1.54, 1.807) is 6.08 Å². The van der Waals surface area contributed by atoms with Gasteiger partial charge in [-0.1, -0.05) is 94.5 Å². The van der Waals surface area contributed by atoms with Crippen LogP contribution in [0.3, 0.4) is 0 Å². The van der Waals surface area contributed by atoms with E-state index in [1.807, 2.05) is 49.7 Å². The van der Waals surface area contributed by atoms with E-state index in [2.05, 4.69) is 46.6 Å². The molecule has 1 aromatic heterocycles. The normalized spacial score (nSPS) is 16.8. The van der Waals surface area contributed by atoms with E-state index in [9.17, 15) is 0 Å². The highest BCUT2D eigenvalue weighted by Gasteiger charge is 2.21. The Hall–Kier alpha value is -4.13. The van der Waals surface area contributed by atoms with Gasteiger partial charge in [-0.3, -0.25) is 0 Å². The Balaban J connectivity index is 1.59. The number of amidine groups is 1. The third-order valence-electron chi connectivity index (χ3n) is 7.80. The third-order valence-corrected chi connectivity index (χ3v) is 7.80. The molecule has 0 unspecified atom stereocenters. The quantitative estimate of drug-likeness (QED) is 0.0890. The van der Waals surface area contributed by atoms with Crippen LogP contribution in [0.2, 0.25) is 0 Å². The molecule has 42 heavy (non-hydrogen) atoms. The summed E-state index contributed by atoms with van der Waals surface area (Å²) in [5.74, 6) is 1.74. The molecule has 0 saturated heterocycles. The van der Waals surface area contributed by atoms with E-state index in [4.69, 9.17) is 20.4 Å². The molecule has 2 aliphatic rings. The van der Waals surface area contributed by atoms with Gasteiger partial charge in [-0.05, 0) is 62.0 Å². The molecule has 0 atom stereocenters. The topological polar surface area (TPSA) is 89.8 Å². The number of nitrogens with zero attached hydrogens (tertiary/aromatic N) is 4. The monoisotopic (exact) mass is 566 g/mol. The minimum Gasteiger partial charge on any atom is -0.445 e. The number of benzene rings is 1. The fourth-order valence-electron chi connectivity index (χ4n) is 5.32. The van der Waals surface area contributed by atoms with Gasteiger partial charge in [-0.25, -0.2) is 9.98 Å². The van der Waals surface area contributed by atoms with Crippen molar-refractivity contribution >= 4 is 24.1 Å². The van der Waals surface area contributed by atoms with Crippen molar-refractivity contribution in [3.05, 3.63) is 95.8 Å². The Kier molecular flexibility index (Phi) is 12.0. The van der Waals surface area contributed by atoms with Gasteiger partial charge < -0.3 is 20.4 Å². The molecular weight excluding hydrogens is 520 g/mol. The fourth-order valence-corrected chi connectivity index (χ4v) is 5.32. The number of nitrogen functional groups attached to an aromatic ring is 1. The first-order valence-electron chi connectivity index (χ1n) is 15.4. The number of hydrogen-bond acceptors (Lipinski definition) is 5. The highest BCUT2D eigenvalue weighted by atomic mass is 16.5. The Bertz CT molecular complexity index is 1370. The minimum absolute atomic E-state index is 0.353. The van der Waals surface area contributed by atoms with E-state index >= 15 is 0 Å². The number of aromatic nitrogens is 2. The zero-order valence-corrected chi connectivity index (χ0v) is 25.3. The van der Waals surface area contributed by atoms with Crippen LogP contribution in [-0.4, -0.2) is 28.3 Å². The lowest BCUT2D eigenvalue weighted by Crippen LogP contribution is -2.13. The smallest absolute Gasteiger partial charge is 0.185 e. The maximum Gasteiger partial charge on any atom is 0.185 e. The van der Waals surface area contributed by atoms with E-state index in [0.717, 1.165) is 60.5 Å². The highest BCUT2D eigenvalue weighted by molar-refractivity contribution is 6.04. The van der Waals surface area contributed by atoms with Crippen LogP contribution in [0.15, 0.2) is 88.9 Å². The van der Waals surface area contributed by atoms with Crippen LogP contribution in [0.1, 0.15) is 94.0 Å². The molecule has 222 valence electrons. The maximum absolute atomic E-state index is 6.73. The number of rotatable bonds is 12. The highest BCUT2D eigenvalue weighted by Crippen LogP contribution is 2.30. The number of imidazole rings is 1. The number of anilines is 1. The summed E-state index contributed by atoms with van der Waals surface area (Å²) in [7, 11) is 0. The SMILES string of the molecule is C=C/C=C\c1cccc(OC=NC(=NC2=CCC=C(NCCCCC)C=C2)c2ncn(C3CCCCCC3)c2N)c1C. The van der Waals surface area contributed by atoms with E-state index in [1.165, 1.54) is 44.9 Å². The number of hydrogen-bond donors (Lipinski definition) is 2.